The van der Waals surface area contributed by atoms with Crippen LogP contribution in [0.4, 0.5) is 0 Å². The number of allylic oxidation sites excluding steroid dienone is 1. The van der Waals surface area contributed by atoms with E-state index in [9.17, 15) is 22.8 Å². The molecule has 0 bridgehead atoms. The van der Waals surface area contributed by atoms with Crippen LogP contribution in [0.3, 0.4) is 0 Å². The summed E-state index contributed by atoms with van der Waals surface area (Å²) in [6.07, 6.45) is 7.57. The molecule has 0 radical (unpaired) electrons. The molecule has 174 valence electrons. The number of carbonyl (C=O) groups excluding carboxylic acids is 3. The van der Waals surface area contributed by atoms with Gasteiger partial charge in [-0.25, -0.2) is 8.42 Å². The maximum Gasteiger partial charge on any atom is 0.259 e. The Labute approximate surface area is 185 Å². The number of carbonyl (C=O) groups is 3. The third-order valence-corrected chi connectivity index (χ3v) is 8.82. The summed E-state index contributed by atoms with van der Waals surface area (Å²) in [5, 5.41) is 2.84. The van der Waals surface area contributed by atoms with Crippen LogP contribution in [0.2, 0.25) is 0 Å². The van der Waals surface area contributed by atoms with Crippen molar-refractivity contribution < 1.29 is 22.8 Å². The second-order valence-electron chi connectivity index (χ2n) is 9.84. The van der Waals surface area contributed by atoms with Crippen LogP contribution < -0.4 is 10.0 Å². The molecule has 2 aliphatic carbocycles. The van der Waals surface area contributed by atoms with E-state index in [2.05, 4.69) is 10.0 Å². The molecule has 3 amide bonds. The normalized spacial score (nSPS) is 29.3. The first-order chi connectivity index (χ1) is 14.5. The van der Waals surface area contributed by atoms with Gasteiger partial charge in [-0.2, -0.15) is 0 Å². The highest BCUT2D eigenvalue weighted by Gasteiger charge is 2.62. The van der Waals surface area contributed by atoms with E-state index in [-0.39, 0.29) is 23.7 Å². The largest absolute Gasteiger partial charge is 0.339 e. The van der Waals surface area contributed by atoms with Gasteiger partial charge < -0.3 is 10.2 Å². The molecular weight excluding hydrogens is 418 g/mol. The minimum Gasteiger partial charge on any atom is -0.339 e. The molecule has 31 heavy (non-hydrogen) atoms. The lowest BCUT2D eigenvalue weighted by Crippen LogP contribution is -2.57. The zero-order valence-corrected chi connectivity index (χ0v) is 19.8. The molecule has 2 saturated carbocycles. The number of nitrogens with zero attached hydrogens (tertiary/aromatic N) is 1. The van der Waals surface area contributed by atoms with E-state index < -0.39 is 32.3 Å². The average molecular weight is 454 g/mol. The van der Waals surface area contributed by atoms with Crippen LogP contribution in [0, 0.1) is 11.8 Å². The quantitative estimate of drug-likeness (QED) is 0.518. The molecule has 3 atom stereocenters. The van der Waals surface area contributed by atoms with Crippen LogP contribution in [0.25, 0.3) is 0 Å². The smallest absolute Gasteiger partial charge is 0.259 e. The zero-order valence-electron chi connectivity index (χ0n) is 18.9. The fraction of sp³-hybridized carbons (Fsp3) is 0.773. The molecule has 0 aromatic heterocycles. The standard InChI is InChI=1S/C22H35N3O5S/c1-5-6-8-16-14-22(16,20(28)24-31(29,30)21(4)10-11-21)23-19(27)17-9-7-12-25(17)18(26)13-15(2)3/h6,8,15-17H,5,7,9-14H2,1-4H3,(H,23,27)(H,24,28). The first kappa shape index (κ1) is 23.8. The van der Waals surface area contributed by atoms with E-state index in [4.69, 9.17) is 0 Å². The van der Waals surface area contributed by atoms with E-state index in [1.165, 1.54) is 0 Å². The number of sulfonamides is 1. The number of amides is 3. The minimum atomic E-state index is -3.80. The lowest BCUT2D eigenvalue weighted by Gasteiger charge is -2.27. The zero-order chi connectivity index (χ0) is 23.0. The molecule has 3 fully saturated rings. The van der Waals surface area contributed by atoms with E-state index in [1.54, 1.807) is 11.8 Å². The van der Waals surface area contributed by atoms with Gasteiger partial charge in [0.1, 0.15) is 11.6 Å². The molecular formula is C22H35N3O5S. The van der Waals surface area contributed by atoms with Gasteiger partial charge in [-0.1, -0.05) is 32.9 Å². The molecule has 1 heterocycles. The Morgan fingerprint density at radius 2 is 1.90 bits per heavy atom. The lowest BCUT2D eigenvalue weighted by molar-refractivity contribution is -0.140. The Kier molecular flexibility index (Phi) is 6.56. The maximum atomic E-state index is 13.1. The Morgan fingerprint density at radius 1 is 1.23 bits per heavy atom. The molecule has 1 saturated heterocycles. The first-order valence-corrected chi connectivity index (χ1v) is 12.8. The van der Waals surface area contributed by atoms with Crippen LogP contribution in [0.1, 0.15) is 72.6 Å². The molecule has 0 spiro atoms. The van der Waals surface area contributed by atoms with Gasteiger partial charge in [0.15, 0.2) is 0 Å². The van der Waals surface area contributed by atoms with Crippen LogP contribution in [0.5, 0.6) is 0 Å². The third-order valence-electron chi connectivity index (χ3n) is 6.66. The minimum absolute atomic E-state index is 0.0615. The Bertz CT molecular complexity index is 878. The summed E-state index contributed by atoms with van der Waals surface area (Å²) in [5.41, 5.74) is -1.28. The van der Waals surface area contributed by atoms with Crippen molar-refractivity contribution >= 4 is 27.7 Å². The van der Waals surface area contributed by atoms with E-state index in [0.717, 1.165) is 12.8 Å². The van der Waals surface area contributed by atoms with Gasteiger partial charge in [0.2, 0.25) is 21.8 Å². The van der Waals surface area contributed by atoms with Crippen LogP contribution in [0.15, 0.2) is 12.2 Å². The molecule has 3 aliphatic rings. The van der Waals surface area contributed by atoms with E-state index in [0.29, 0.717) is 38.6 Å². The average Bonchev–Trinajstić information content (AvgIpc) is 3.53. The van der Waals surface area contributed by atoms with Gasteiger partial charge in [0.05, 0.1) is 4.75 Å². The van der Waals surface area contributed by atoms with Crippen molar-refractivity contribution in [1.29, 1.82) is 0 Å². The Hall–Kier alpha value is -1.90. The number of hydrogen-bond acceptors (Lipinski definition) is 5. The molecule has 0 aromatic rings. The van der Waals surface area contributed by atoms with E-state index >= 15 is 0 Å². The van der Waals surface area contributed by atoms with Gasteiger partial charge in [-0.3, -0.25) is 19.1 Å². The van der Waals surface area contributed by atoms with Crippen molar-refractivity contribution in [1.82, 2.24) is 14.9 Å². The Balaban J connectivity index is 1.75. The highest BCUT2D eigenvalue weighted by atomic mass is 32.2. The fourth-order valence-electron chi connectivity index (χ4n) is 4.17. The molecule has 8 nitrogen and oxygen atoms in total. The topological polar surface area (TPSA) is 113 Å². The van der Waals surface area contributed by atoms with Crippen molar-refractivity contribution in [3.8, 4) is 0 Å². The third kappa shape index (κ3) is 4.81. The summed E-state index contributed by atoms with van der Waals surface area (Å²) in [6.45, 7) is 8.02. The molecule has 9 heteroatoms. The number of rotatable bonds is 9. The number of hydrogen-bond donors (Lipinski definition) is 2. The summed E-state index contributed by atoms with van der Waals surface area (Å²) in [7, 11) is -3.80. The maximum absolute atomic E-state index is 13.1. The van der Waals surface area contributed by atoms with Gasteiger partial charge >= 0.3 is 0 Å². The van der Waals surface area contributed by atoms with Crippen LogP contribution >= 0.6 is 0 Å². The van der Waals surface area contributed by atoms with Crippen molar-refractivity contribution in [2.45, 2.75) is 89.0 Å². The summed E-state index contributed by atoms with van der Waals surface area (Å²) < 4.78 is 26.5. The van der Waals surface area contributed by atoms with E-state index in [1.807, 2.05) is 32.9 Å². The molecule has 3 unspecified atom stereocenters. The lowest BCUT2D eigenvalue weighted by atomic mass is 10.1. The van der Waals surface area contributed by atoms with Crippen molar-refractivity contribution in [2.75, 3.05) is 6.54 Å². The summed E-state index contributed by atoms with van der Waals surface area (Å²) in [6, 6.07) is -0.620. The van der Waals surface area contributed by atoms with Gasteiger partial charge in [-0.05, 0) is 51.4 Å². The van der Waals surface area contributed by atoms with Crippen molar-refractivity contribution in [3.63, 3.8) is 0 Å². The number of likely N-dealkylation sites (tertiary alicyclic amines) is 1. The summed E-state index contributed by atoms with van der Waals surface area (Å²) in [5.74, 6) is -1.20. The second-order valence-corrected chi connectivity index (χ2v) is 12.0. The fourth-order valence-corrected chi connectivity index (χ4v) is 5.48. The second kappa shape index (κ2) is 8.56. The van der Waals surface area contributed by atoms with Gasteiger partial charge in [0.25, 0.3) is 5.91 Å². The SMILES string of the molecule is CCC=CC1CC1(NC(=O)C1CCCN1C(=O)CC(C)C)C(=O)NS(=O)(=O)C1(C)CC1. The van der Waals surface area contributed by atoms with Crippen molar-refractivity contribution in [2.24, 2.45) is 11.8 Å². The highest BCUT2D eigenvalue weighted by Crippen LogP contribution is 2.47. The monoisotopic (exact) mass is 453 g/mol. The molecule has 0 aromatic carbocycles. The summed E-state index contributed by atoms with van der Waals surface area (Å²) in [4.78, 5) is 40.4. The molecule has 3 rings (SSSR count). The van der Waals surface area contributed by atoms with Crippen molar-refractivity contribution in [3.05, 3.63) is 12.2 Å². The highest BCUT2D eigenvalue weighted by molar-refractivity contribution is 7.91. The van der Waals surface area contributed by atoms with Gasteiger partial charge in [-0.15, -0.1) is 0 Å². The van der Waals surface area contributed by atoms with Gasteiger partial charge in [0, 0.05) is 18.9 Å². The van der Waals surface area contributed by atoms with Crippen LogP contribution in [-0.4, -0.2) is 53.9 Å². The Morgan fingerprint density at radius 3 is 2.48 bits per heavy atom. The molecule has 1 aliphatic heterocycles. The first-order valence-electron chi connectivity index (χ1n) is 11.3. The predicted octanol–water partition coefficient (Wildman–Crippen LogP) is 1.86. The predicted molar refractivity (Wildman–Crippen MR) is 117 cm³/mol. The summed E-state index contributed by atoms with van der Waals surface area (Å²) >= 11 is 0. The van der Waals surface area contributed by atoms with Crippen LogP contribution in [-0.2, 0) is 24.4 Å². The number of nitrogens with one attached hydrogen (secondary N) is 2. The molecule has 2 N–H and O–H groups in total.